The first-order valence-electron chi connectivity index (χ1n) is 8.40. The van der Waals surface area contributed by atoms with Crippen LogP contribution >= 0.6 is 0 Å². The Morgan fingerprint density at radius 2 is 1.81 bits per heavy atom. The fourth-order valence-electron chi connectivity index (χ4n) is 4.29. The van der Waals surface area contributed by atoms with Crippen LogP contribution in [0.4, 0.5) is 4.79 Å². The molecule has 3 fully saturated rings. The molecule has 0 aromatic rings. The summed E-state index contributed by atoms with van der Waals surface area (Å²) in [6, 6.07) is 0.341. The normalized spacial score (nSPS) is 31.0. The van der Waals surface area contributed by atoms with Gasteiger partial charge in [-0.1, -0.05) is 19.3 Å². The molecule has 0 aromatic heterocycles. The van der Waals surface area contributed by atoms with Crippen LogP contribution < -0.4 is 5.32 Å². The van der Waals surface area contributed by atoms with Crippen molar-refractivity contribution in [2.24, 2.45) is 11.3 Å². The van der Waals surface area contributed by atoms with Crippen molar-refractivity contribution in [3.63, 3.8) is 0 Å². The first-order chi connectivity index (χ1) is 10.1. The van der Waals surface area contributed by atoms with E-state index in [2.05, 4.69) is 5.32 Å². The molecule has 5 nitrogen and oxygen atoms in total. The highest BCUT2D eigenvalue weighted by molar-refractivity contribution is 5.79. The van der Waals surface area contributed by atoms with Gasteiger partial charge in [0, 0.05) is 19.1 Å². The predicted octanol–water partition coefficient (Wildman–Crippen LogP) is 2.61. The number of carbonyl (C=O) groups excluding carboxylic acids is 1. The zero-order chi connectivity index (χ0) is 14.9. The summed E-state index contributed by atoms with van der Waals surface area (Å²) in [6.45, 7) is 1.11. The Bertz CT molecular complexity index is 418. The van der Waals surface area contributed by atoms with Gasteiger partial charge in [0.2, 0.25) is 0 Å². The standard InChI is InChI=1S/C16H26N2O3/c19-14(20)16(8-4-9-16)11-17-15(21)18-10-3-6-12-5-1-2-7-13(12)18/h12-13H,1-11H2,(H,17,21)(H,19,20). The van der Waals surface area contributed by atoms with Gasteiger partial charge < -0.3 is 15.3 Å². The summed E-state index contributed by atoms with van der Waals surface area (Å²) < 4.78 is 0. The first-order valence-corrected chi connectivity index (χ1v) is 8.40. The van der Waals surface area contributed by atoms with Crippen molar-refractivity contribution in [3.8, 4) is 0 Å². The quantitative estimate of drug-likeness (QED) is 0.840. The molecule has 2 aliphatic carbocycles. The maximum absolute atomic E-state index is 12.5. The Kier molecular flexibility index (Phi) is 4.09. The van der Waals surface area contributed by atoms with E-state index in [0.717, 1.165) is 25.8 Å². The van der Waals surface area contributed by atoms with Gasteiger partial charge in [0.25, 0.3) is 0 Å². The van der Waals surface area contributed by atoms with E-state index in [1.165, 1.54) is 25.7 Å². The van der Waals surface area contributed by atoms with Crippen LogP contribution in [0.5, 0.6) is 0 Å². The predicted molar refractivity (Wildman–Crippen MR) is 79.0 cm³/mol. The third kappa shape index (κ3) is 2.74. The molecule has 1 heterocycles. The zero-order valence-corrected chi connectivity index (χ0v) is 12.6. The van der Waals surface area contributed by atoms with Gasteiger partial charge in [-0.25, -0.2) is 4.79 Å². The number of amides is 2. The highest BCUT2D eigenvalue weighted by atomic mass is 16.4. The van der Waals surface area contributed by atoms with Crippen molar-refractivity contribution in [2.45, 2.75) is 63.8 Å². The second-order valence-corrected chi connectivity index (χ2v) is 7.05. The number of piperidine rings is 1. The van der Waals surface area contributed by atoms with Crippen molar-refractivity contribution in [1.29, 1.82) is 0 Å². The van der Waals surface area contributed by atoms with E-state index in [1.807, 2.05) is 4.90 Å². The molecule has 0 spiro atoms. The highest BCUT2D eigenvalue weighted by Crippen LogP contribution is 2.41. The molecule has 118 valence electrons. The lowest BCUT2D eigenvalue weighted by Gasteiger charge is -2.45. The van der Waals surface area contributed by atoms with Gasteiger partial charge in [0.05, 0.1) is 5.41 Å². The van der Waals surface area contributed by atoms with E-state index >= 15 is 0 Å². The largest absolute Gasteiger partial charge is 0.481 e. The molecule has 2 amide bonds. The van der Waals surface area contributed by atoms with Gasteiger partial charge >= 0.3 is 12.0 Å². The number of fused-ring (bicyclic) bond motifs is 1. The molecule has 1 saturated heterocycles. The number of hydrogen-bond donors (Lipinski definition) is 2. The lowest BCUT2D eigenvalue weighted by molar-refractivity contribution is -0.153. The topological polar surface area (TPSA) is 69.6 Å². The van der Waals surface area contributed by atoms with Crippen LogP contribution in [0.2, 0.25) is 0 Å². The second kappa shape index (κ2) is 5.85. The minimum absolute atomic E-state index is 0.0425. The Morgan fingerprint density at radius 1 is 1.10 bits per heavy atom. The fourth-order valence-corrected chi connectivity index (χ4v) is 4.29. The summed E-state index contributed by atoms with van der Waals surface area (Å²) in [7, 11) is 0. The number of carboxylic acid groups (broad SMARTS) is 1. The van der Waals surface area contributed by atoms with E-state index in [4.69, 9.17) is 0 Å². The van der Waals surface area contributed by atoms with Crippen LogP contribution in [-0.4, -0.2) is 41.1 Å². The molecule has 2 unspecified atom stereocenters. The van der Waals surface area contributed by atoms with E-state index in [9.17, 15) is 14.7 Å². The molecular weight excluding hydrogens is 268 g/mol. The Balaban J connectivity index is 1.58. The fraction of sp³-hybridized carbons (Fsp3) is 0.875. The number of hydrogen-bond acceptors (Lipinski definition) is 2. The first kappa shape index (κ1) is 14.7. The number of likely N-dealkylation sites (tertiary alicyclic amines) is 1. The van der Waals surface area contributed by atoms with Gasteiger partial charge in [-0.05, 0) is 44.4 Å². The minimum Gasteiger partial charge on any atom is -0.481 e. The number of rotatable bonds is 3. The monoisotopic (exact) mass is 294 g/mol. The third-order valence-electron chi connectivity index (χ3n) is 5.85. The maximum Gasteiger partial charge on any atom is 0.317 e. The summed E-state index contributed by atoms with van der Waals surface area (Å²) in [5, 5.41) is 12.2. The van der Waals surface area contributed by atoms with Crippen LogP contribution in [-0.2, 0) is 4.79 Å². The molecule has 2 saturated carbocycles. The second-order valence-electron chi connectivity index (χ2n) is 7.05. The van der Waals surface area contributed by atoms with Gasteiger partial charge in [0.15, 0.2) is 0 Å². The van der Waals surface area contributed by atoms with Gasteiger partial charge in [-0.3, -0.25) is 4.79 Å². The molecular formula is C16H26N2O3. The Morgan fingerprint density at radius 3 is 2.48 bits per heavy atom. The molecule has 2 N–H and O–H groups in total. The summed E-state index contributed by atoms with van der Waals surface area (Å²) in [4.78, 5) is 25.8. The number of carbonyl (C=O) groups is 2. The lowest BCUT2D eigenvalue weighted by atomic mass is 9.69. The molecule has 1 aliphatic heterocycles. The third-order valence-corrected chi connectivity index (χ3v) is 5.85. The van der Waals surface area contributed by atoms with Crippen molar-refractivity contribution in [1.82, 2.24) is 10.2 Å². The molecule has 2 atom stereocenters. The molecule has 0 radical (unpaired) electrons. The summed E-state index contributed by atoms with van der Waals surface area (Å²) >= 11 is 0. The van der Waals surface area contributed by atoms with Crippen LogP contribution in [0.15, 0.2) is 0 Å². The molecule has 0 bridgehead atoms. The SMILES string of the molecule is O=C(NCC1(C(=O)O)CCC1)N1CCCC2CCCCC21. The van der Waals surface area contributed by atoms with Crippen molar-refractivity contribution in [2.75, 3.05) is 13.1 Å². The van der Waals surface area contributed by atoms with Crippen LogP contribution in [0.1, 0.15) is 57.8 Å². The van der Waals surface area contributed by atoms with E-state index in [-0.39, 0.29) is 12.6 Å². The summed E-state index contributed by atoms with van der Waals surface area (Å²) in [6.07, 6.45) is 9.52. The minimum atomic E-state index is -0.761. The summed E-state index contributed by atoms with van der Waals surface area (Å²) in [5.41, 5.74) is -0.697. The molecule has 21 heavy (non-hydrogen) atoms. The smallest absolute Gasteiger partial charge is 0.317 e. The highest BCUT2D eigenvalue weighted by Gasteiger charge is 2.45. The Hall–Kier alpha value is -1.26. The van der Waals surface area contributed by atoms with Crippen LogP contribution in [0.25, 0.3) is 0 Å². The molecule has 3 rings (SSSR count). The molecule has 3 aliphatic rings. The van der Waals surface area contributed by atoms with Crippen molar-refractivity contribution in [3.05, 3.63) is 0 Å². The van der Waals surface area contributed by atoms with E-state index in [1.54, 1.807) is 0 Å². The van der Waals surface area contributed by atoms with Crippen molar-refractivity contribution >= 4 is 12.0 Å². The zero-order valence-electron chi connectivity index (χ0n) is 12.6. The number of carboxylic acids is 1. The average molecular weight is 294 g/mol. The van der Waals surface area contributed by atoms with Crippen LogP contribution in [0.3, 0.4) is 0 Å². The Labute approximate surface area is 126 Å². The number of nitrogens with zero attached hydrogens (tertiary/aromatic N) is 1. The van der Waals surface area contributed by atoms with Crippen LogP contribution in [0, 0.1) is 11.3 Å². The van der Waals surface area contributed by atoms with E-state index in [0.29, 0.717) is 24.8 Å². The molecule has 0 aromatic carbocycles. The lowest BCUT2D eigenvalue weighted by Crippen LogP contribution is -2.56. The maximum atomic E-state index is 12.5. The average Bonchev–Trinajstić information content (AvgIpc) is 2.45. The molecule has 5 heteroatoms. The number of urea groups is 1. The summed E-state index contributed by atoms with van der Waals surface area (Å²) in [5.74, 6) is -0.0985. The van der Waals surface area contributed by atoms with E-state index < -0.39 is 11.4 Å². The number of nitrogens with one attached hydrogen (secondary N) is 1. The van der Waals surface area contributed by atoms with Crippen molar-refractivity contribution < 1.29 is 14.7 Å². The number of aliphatic carboxylic acids is 1. The van der Waals surface area contributed by atoms with Gasteiger partial charge in [-0.2, -0.15) is 0 Å². The van der Waals surface area contributed by atoms with Gasteiger partial charge in [-0.15, -0.1) is 0 Å². The van der Waals surface area contributed by atoms with Gasteiger partial charge in [0.1, 0.15) is 0 Å².